The standard InChI is InChI=1S/C19H20F7N5O3S/c1-16(7-18(22,23)8-16)9-30-13(12(19(24,25)26)14(29-30)17(2,20)21)15(32)28-10-4-5-31(33)11(6-10)35(3,27)34/h4-6,27H,7-9H2,1-3H3,(H,28,32). The van der Waals surface area contributed by atoms with Crippen LogP contribution >= 0.6 is 0 Å². The molecule has 2 heterocycles. The van der Waals surface area contributed by atoms with Crippen LogP contribution in [0.5, 0.6) is 0 Å². The maximum Gasteiger partial charge on any atom is 0.420 e. The molecule has 1 unspecified atom stereocenters. The van der Waals surface area contributed by atoms with Crippen LogP contribution < -0.4 is 10.0 Å². The summed E-state index contributed by atoms with van der Waals surface area (Å²) in [4.78, 5) is 12.9. The molecule has 16 heteroatoms. The van der Waals surface area contributed by atoms with Gasteiger partial charge in [0.25, 0.3) is 16.9 Å². The maximum atomic E-state index is 14.1. The summed E-state index contributed by atoms with van der Waals surface area (Å²) in [5.41, 5.74) is -6.80. The Morgan fingerprint density at radius 2 is 1.89 bits per heavy atom. The quantitative estimate of drug-likeness (QED) is 0.327. The van der Waals surface area contributed by atoms with Crippen LogP contribution in [0.1, 0.15) is 48.4 Å². The van der Waals surface area contributed by atoms with Crippen molar-refractivity contribution < 1.29 is 44.5 Å². The average molecular weight is 531 g/mol. The van der Waals surface area contributed by atoms with E-state index < -0.39 is 80.4 Å². The molecular formula is C19H20F7N5O3S. The van der Waals surface area contributed by atoms with Gasteiger partial charge in [-0.25, -0.2) is 17.8 Å². The lowest BCUT2D eigenvalue weighted by atomic mass is 9.67. The first-order valence-electron chi connectivity index (χ1n) is 9.86. The van der Waals surface area contributed by atoms with Crippen LogP contribution in [0.3, 0.4) is 0 Å². The second kappa shape index (κ2) is 8.06. The van der Waals surface area contributed by atoms with Crippen molar-refractivity contribution in [3.05, 3.63) is 40.5 Å². The number of carbonyl (C=O) groups excluding carboxylic acids is 1. The summed E-state index contributed by atoms with van der Waals surface area (Å²) in [5, 5.41) is 16.5. The first-order chi connectivity index (χ1) is 15.6. The molecule has 1 saturated carbocycles. The molecule has 0 bridgehead atoms. The SMILES string of the molecule is CC1(Cn2nc(C(C)(F)F)c(C(F)(F)F)c2C(=O)Nc2cc[n+]([O-])c(S(C)(=N)=O)c2)CC(F)(F)C1. The topological polar surface area (TPSA) is 115 Å². The van der Waals surface area contributed by atoms with Gasteiger partial charge in [0.2, 0.25) is 5.92 Å². The third kappa shape index (κ3) is 5.51. The second-order valence-electron chi connectivity index (χ2n) is 9.01. The van der Waals surface area contributed by atoms with Crippen LogP contribution in [0.4, 0.5) is 36.4 Å². The van der Waals surface area contributed by atoms with E-state index in [4.69, 9.17) is 4.78 Å². The summed E-state index contributed by atoms with van der Waals surface area (Å²) in [6.07, 6.45) is -5.33. The van der Waals surface area contributed by atoms with Gasteiger partial charge < -0.3 is 10.5 Å². The van der Waals surface area contributed by atoms with Gasteiger partial charge in [-0.05, 0) is 5.41 Å². The number of amides is 1. The van der Waals surface area contributed by atoms with E-state index in [1.165, 1.54) is 6.92 Å². The lowest BCUT2D eigenvalue weighted by Gasteiger charge is -2.44. The van der Waals surface area contributed by atoms with Crippen LogP contribution in [-0.2, 0) is 28.4 Å². The van der Waals surface area contributed by atoms with Gasteiger partial charge in [0, 0.05) is 44.7 Å². The lowest BCUT2D eigenvalue weighted by Crippen LogP contribution is -2.47. The van der Waals surface area contributed by atoms with Crippen LogP contribution in [0.2, 0.25) is 0 Å². The number of nitrogens with one attached hydrogen (secondary N) is 2. The smallest absolute Gasteiger partial charge is 0.420 e. The van der Waals surface area contributed by atoms with E-state index in [0.29, 0.717) is 4.68 Å². The van der Waals surface area contributed by atoms with Gasteiger partial charge in [-0.2, -0.15) is 31.8 Å². The fourth-order valence-electron chi connectivity index (χ4n) is 4.07. The molecule has 1 atom stereocenters. The van der Waals surface area contributed by atoms with E-state index in [0.717, 1.165) is 24.6 Å². The molecule has 0 radical (unpaired) electrons. The molecule has 2 N–H and O–H groups in total. The van der Waals surface area contributed by atoms with E-state index >= 15 is 0 Å². The Labute approximate surface area is 194 Å². The number of carbonyl (C=O) groups is 1. The third-order valence-corrected chi connectivity index (χ3v) is 6.41. The van der Waals surface area contributed by atoms with E-state index in [-0.39, 0.29) is 17.3 Å². The van der Waals surface area contributed by atoms with Crippen molar-refractivity contribution in [1.29, 1.82) is 4.78 Å². The number of pyridine rings is 1. The number of hydrogen-bond acceptors (Lipinski definition) is 5. The minimum absolute atomic E-state index is 0.0593. The minimum atomic E-state index is -5.47. The Morgan fingerprint density at radius 1 is 1.31 bits per heavy atom. The predicted octanol–water partition coefficient (Wildman–Crippen LogP) is 4.37. The number of aromatic nitrogens is 3. The van der Waals surface area contributed by atoms with Gasteiger partial charge >= 0.3 is 6.18 Å². The normalized spacial score (nSPS) is 19.0. The summed E-state index contributed by atoms with van der Waals surface area (Å²) < 4.78 is 117. The summed E-state index contributed by atoms with van der Waals surface area (Å²) in [5.74, 6) is -8.80. The molecular weight excluding hydrogens is 511 g/mol. The Morgan fingerprint density at radius 3 is 2.34 bits per heavy atom. The number of alkyl halides is 7. The molecule has 8 nitrogen and oxygen atoms in total. The molecule has 2 aromatic rings. The van der Waals surface area contributed by atoms with Crippen molar-refractivity contribution in [3.63, 3.8) is 0 Å². The zero-order valence-corrected chi connectivity index (χ0v) is 19.3. The highest BCUT2D eigenvalue weighted by Crippen LogP contribution is 2.53. The lowest BCUT2D eigenvalue weighted by molar-refractivity contribution is -0.646. The molecule has 1 aliphatic carbocycles. The molecule has 2 aromatic heterocycles. The van der Waals surface area contributed by atoms with Crippen LogP contribution in [0.25, 0.3) is 0 Å². The van der Waals surface area contributed by atoms with Crippen LogP contribution in [-0.4, -0.2) is 32.1 Å². The van der Waals surface area contributed by atoms with Crippen molar-refractivity contribution in [2.24, 2.45) is 5.41 Å². The monoisotopic (exact) mass is 531 g/mol. The Kier molecular flexibility index (Phi) is 6.15. The largest absolute Gasteiger partial charge is 0.618 e. The molecule has 1 amide bonds. The van der Waals surface area contributed by atoms with Gasteiger partial charge in [-0.1, -0.05) is 6.92 Å². The third-order valence-electron chi connectivity index (χ3n) is 5.31. The van der Waals surface area contributed by atoms with E-state index in [2.05, 4.69) is 5.10 Å². The minimum Gasteiger partial charge on any atom is -0.618 e. The van der Waals surface area contributed by atoms with Gasteiger partial charge in [0.1, 0.15) is 26.7 Å². The molecule has 0 aromatic carbocycles. The number of nitrogens with zero attached hydrogens (tertiary/aromatic N) is 3. The van der Waals surface area contributed by atoms with Crippen molar-refractivity contribution in [2.45, 2.75) is 56.3 Å². The molecule has 1 aliphatic rings. The Bertz CT molecular complexity index is 1270. The first-order valence-corrected chi connectivity index (χ1v) is 11.8. The van der Waals surface area contributed by atoms with Crippen molar-refractivity contribution >= 4 is 21.3 Å². The van der Waals surface area contributed by atoms with Gasteiger partial charge in [-0.3, -0.25) is 9.48 Å². The summed E-state index contributed by atoms with van der Waals surface area (Å²) in [7, 11) is -3.61. The maximum absolute atomic E-state index is 14.1. The van der Waals surface area contributed by atoms with Crippen LogP contribution in [0, 0.1) is 15.4 Å². The highest BCUT2D eigenvalue weighted by atomic mass is 32.2. The van der Waals surface area contributed by atoms with E-state index in [1.807, 2.05) is 5.32 Å². The zero-order valence-electron chi connectivity index (χ0n) is 18.5. The first kappa shape index (κ1) is 26.7. The van der Waals surface area contributed by atoms with E-state index in [9.17, 15) is 44.9 Å². The molecule has 0 saturated heterocycles. The fourth-order valence-corrected chi connectivity index (χ4v) is 4.83. The van der Waals surface area contributed by atoms with Crippen molar-refractivity contribution in [1.82, 2.24) is 9.78 Å². The molecule has 3 rings (SSSR count). The highest BCUT2D eigenvalue weighted by molar-refractivity contribution is 7.91. The predicted molar refractivity (Wildman–Crippen MR) is 107 cm³/mol. The zero-order chi connectivity index (χ0) is 26.8. The number of hydrogen-bond donors (Lipinski definition) is 2. The molecule has 35 heavy (non-hydrogen) atoms. The molecule has 1 fully saturated rings. The number of rotatable bonds is 6. The highest BCUT2D eigenvalue weighted by Gasteiger charge is 2.55. The Hall–Kier alpha value is -2.91. The van der Waals surface area contributed by atoms with E-state index in [1.54, 1.807) is 0 Å². The second-order valence-corrected chi connectivity index (χ2v) is 11.1. The molecule has 0 aliphatic heterocycles. The summed E-state index contributed by atoms with van der Waals surface area (Å²) in [6.45, 7) is 0.770. The van der Waals surface area contributed by atoms with Crippen molar-refractivity contribution in [3.8, 4) is 0 Å². The molecule has 0 spiro atoms. The van der Waals surface area contributed by atoms with Gasteiger partial charge in [-0.15, -0.1) is 0 Å². The number of anilines is 1. The summed E-state index contributed by atoms with van der Waals surface area (Å²) >= 11 is 0. The van der Waals surface area contributed by atoms with Crippen molar-refractivity contribution in [2.75, 3.05) is 11.6 Å². The van der Waals surface area contributed by atoms with Gasteiger partial charge in [0.05, 0.1) is 5.69 Å². The molecule has 194 valence electrons. The fraction of sp³-hybridized carbons (Fsp3) is 0.526. The van der Waals surface area contributed by atoms with Gasteiger partial charge in [0.15, 0.2) is 6.20 Å². The Balaban J connectivity index is 2.13. The van der Waals surface area contributed by atoms with Crippen LogP contribution in [0.15, 0.2) is 23.4 Å². The average Bonchev–Trinajstić information content (AvgIpc) is 3.00. The summed E-state index contributed by atoms with van der Waals surface area (Å²) in [6, 6.07) is 1.72. The number of halogens is 7.